The molecule has 0 aliphatic carbocycles. The van der Waals surface area contributed by atoms with Crippen molar-refractivity contribution in [2.75, 3.05) is 0 Å². The quantitative estimate of drug-likeness (QED) is 0.526. The number of carboxylic acid groups (broad SMARTS) is 2. The van der Waals surface area contributed by atoms with Crippen molar-refractivity contribution in [1.29, 1.82) is 0 Å². The first-order chi connectivity index (χ1) is 9.43. The molecule has 24 heavy (non-hydrogen) atoms. The van der Waals surface area contributed by atoms with Gasteiger partial charge in [0.2, 0.25) is 0 Å². The Bertz CT molecular complexity index is 576. The SMILES string of the molecule is O.O.O.O=C([O-])c1ccccc1O.O=C([O-])c1ccccc1O.[Mg+2]. The Morgan fingerprint density at radius 2 is 0.917 bits per heavy atom. The third-order valence-electron chi connectivity index (χ3n) is 2.25. The van der Waals surface area contributed by atoms with E-state index in [-0.39, 0.29) is 62.1 Å². The van der Waals surface area contributed by atoms with Gasteiger partial charge in [-0.3, -0.25) is 0 Å². The molecule has 2 aromatic rings. The maximum absolute atomic E-state index is 10.2. The Balaban J connectivity index is -0.000000143. The number of rotatable bonds is 2. The summed E-state index contributed by atoms with van der Waals surface area (Å²) in [5, 5.41) is 38.0. The van der Waals surface area contributed by atoms with Gasteiger partial charge < -0.3 is 46.4 Å². The number of carbonyl (C=O) groups excluding carboxylic acids is 2. The number of aromatic carboxylic acids is 2. The van der Waals surface area contributed by atoms with Crippen LogP contribution in [0.2, 0.25) is 0 Å². The molecule has 0 aromatic heterocycles. The average Bonchev–Trinajstić information content (AvgIpc) is 2.40. The van der Waals surface area contributed by atoms with E-state index in [4.69, 9.17) is 10.2 Å². The second-order valence-electron chi connectivity index (χ2n) is 3.61. The topological polar surface area (TPSA) is 215 Å². The first kappa shape index (κ1) is 29.6. The number of carboxylic acids is 2. The monoisotopic (exact) mass is 352 g/mol. The molecule has 10 heteroatoms. The number of phenols is 2. The molecule has 0 amide bonds. The van der Waals surface area contributed by atoms with E-state index >= 15 is 0 Å². The number of para-hydroxylation sites is 2. The summed E-state index contributed by atoms with van der Waals surface area (Å²) < 4.78 is 0. The summed E-state index contributed by atoms with van der Waals surface area (Å²) >= 11 is 0. The van der Waals surface area contributed by atoms with Crippen LogP contribution in [0.25, 0.3) is 0 Å². The van der Waals surface area contributed by atoms with Crippen LogP contribution in [0.3, 0.4) is 0 Å². The summed E-state index contributed by atoms with van der Waals surface area (Å²) in [5.41, 5.74) is -0.356. The van der Waals surface area contributed by atoms with E-state index in [9.17, 15) is 19.8 Å². The fourth-order valence-corrected chi connectivity index (χ4v) is 1.29. The van der Waals surface area contributed by atoms with E-state index in [1.54, 1.807) is 12.1 Å². The first-order valence-corrected chi connectivity index (χ1v) is 5.42. The van der Waals surface area contributed by atoms with Crippen molar-refractivity contribution in [3.63, 3.8) is 0 Å². The smallest absolute Gasteiger partial charge is 0.545 e. The average molecular weight is 353 g/mol. The molecule has 0 atom stereocenters. The van der Waals surface area contributed by atoms with Crippen molar-refractivity contribution in [1.82, 2.24) is 0 Å². The molecule has 0 fully saturated rings. The number of benzene rings is 2. The Labute approximate surface area is 152 Å². The molecule has 2 aromatic carbocycles. The Kier molecular flexibility index (Phi) is 17.6. The van der Waals surface area contributed by atoms with Gasteiger partial charge in [0.15, 0.2) is 0 Å². The third kappa shape index (κ3) is 8.92. The number of hydrogen-bond acceptors (Lipinski definition) is 6. The van der Waals surface area contributed by atoms with Gasteiger partial charge in [-0.2, -0.15) is 0 Å². The van der Waals surface area contributed by atoms with Gasteiger partial charge in [-0.05, 0) is 24.3 Å². The van der Waals surface area contributed by atoms with Gasteiger partial charge >= 0.3 is 23.1 Å². The molecule has 0 aliphatic heterocycles. The predicted octanol–water partition coefficient (Wildman–Crippen LogP) is -3.34. The maximum Gasteiger partial charge on any atom is 2.00 e. The van der Waals surface area contributed by atoms with E-state index in [1.165, 1.54) is 36.4 Å². The van der Waals surface area contributed by atoms with Gasteiger partial charge in [-0.15, -0.1) is 0 Å². The van der Waals surface area contributed by atoms with Crippen LogP contribution in [0.1, 0.15) is 20.7 Å². The predicted molar refractivity (Wildman–Crippen MR) is 81.5 cm³/mol. The van der Waals surface area contributed by atoms with Gasteiger partial charge in [0, 0.05) is 11.1 Å². The van der Waals surface area contributed by atoms with E-state index < -0.39 is 11.9 Å². The second-order valence-corrected chi connectivity index (χ2v) is 3.61. The van der Waals surface area contributed by atoms with Crippen molar-refractivity contribution in [3.8, 4) is 11.5 Å². The number of aromatic hydroxyl groups is 2. The fraction of sp³-hybridized carbons (Fsp3) is 0. The van der Waals surface area contributed by atoms with Crippen LogP contribution >= 0.6 is 0 Å². The molecule has 128 valence electrons. The number of carbonyl (C=O) groups is 2. The van der Waals surface area contributed by atoms with Crippen molar-refractivity contribution >= 4 is 35.0 Å². The zero-order chi connectivity index (χ0) is 15.1. The Hall–Kier alpha value is -2.37. The van der Waals surface area contributed by atoms with Crippen molar-refractivity contribution in [2.45, 2.75) is 0 Å². The van der Waals surface area contributed by atoms with Crippen LogP contribution in [-0.2, 0) is 0 Å². The molecule has 0 saturated heterocycles. The Morgan fingerprint density at radius 3 is 1.08 bits per heavy atom. The molecule has 0 spiro atoms. The standard InChI is InChI=1S/2C7H6O3.Mg.3H2O/c2*8-6-4-2-1-3-5(6)7(9)10;;;;/h2*1-4,8H,(H,9,10);;3*1H2/q;;+2;;;/p-2. The molecule has 2 rings (SSSR count). The minimum absolute atomic E-state index is 0. The summed E-state index contributed by atoms with van der Waals surface area (Å²) in [6.45, 7) is 0. The maximum atomic E-state index is 10.2. The van der Waals surface area contributed by atoms with Crippen LogP contribution in [0.4, 0.5) is 0 Å². The first-order valence-electron chi connectivity index (χ1n) is 5.42. The van der Waals surface area contributed by atoms with Gasteiger partial charge in [-0.25, -0.2) is 0 Å². The zero-order valence-electron chi connectivity index (χ0n) is 12.4. The summed E-state index contributed by atoms with van der Waals surface area (Å²) in [6.07, 6.45) is 0. The van der Waals surface area contributed by atoms with Crippen LogP contribution in [0.5, 0.6) is 11.5 Å². The molecule has 0 unspecified atom stereocenters. The molecule has 9 nitrogen and oxygen atoms in total. The Morgan fingerprint density at radius 1 is 0.667 bits per heavy atom. The summed E-state index contributed by atoms with van der Waals surface area (Å²) in [7, 11) is 0. The molecule has 0 bridgehead atoms. The third-order valence-corrected chi connectivity index (χ3v) is 2.25. The summed E-state index contributed by atoms with van der Waals surface area (Å²) in [4.78, 5) is 20.3. The normalized spacial score (nSPS) is 7.67. The van der Waals surface area contributed by atoms with Gasteiger partial charge in [0.05, 0.1) is 11.9 Å². The minimum atomic E-state index is -1.36. The molecular weight excluding hydrogens is 336 g/mol. The summed E-state index contributed by atoms with van der Waals surface area (Å²) in [6, 6.07) is 11.3. The molecule has 8 N–H and O–H groups in total. The van der Waals surface area contributed by atoms with Gasteiger partial charge in [0.25, 0.3) is 0 Å². The van der Waals surface area contributed by atoms with Crippen LogP contribution < -0.4 is 10.2 Å². The zero-order valence-corrected chi connectivity index (χ0v) is 13.8. The van der Waals surface area contributed by atoms with Crippen LogP contribution in [-0.4, -0.2) is 61.6 Å². The van der Waals surface area contributed by atoms with Crippen molar-refractivity contribution in [2.24, 2.45) is 0 Å². The molecular formula is C14H16MgO9. The molecule has 0 radical (unpaired) electrons. The van der Waals surface area contributed by atoms with E-state index in [1.807, 2.05) is 0 Å². The summed E-state index contributed by atoms with van der Waals surface area (Å²) in [5.74, 6) is -3.25. The molecule has 0 heterocycles. The van der Waals surface area contributed by atoms with Crippen molar-refractivity contribution < 1.29 is 46.4 Å². The van der Waals surface area contributed by atoms with Crippen LogP contribution in [0, 0.1) is 0 Å². The van der Waals surface area contributed by atoms with E-state index in [0.29, 0.717) is 0 Å². The van der Waals surface area contributed by atoms with Crippen LogP contribution in [0.15, 0.2) is 48.5 Å². The molecule has 0 saturated carbocycles. The van der Waals surface area contributed by atoms with Gasteiger partial charge in [-0.1, -0.05) is 24.3 Å². The van der Waals surface area contributed by atoms with E-state index in [0.717, 1.165) is 0 Å². The van der Waals surface area contributed by atoms with Gasteiger partial charge in [0.1, 0.15) is 11.5 Å². The van der Waals surface area contributed by atoms with E-state index in [2.05, 4.69) is 0 Å². The number of hydrogen-bond donors (Lipinski definition) is 2. The largest absolute Gasteiger partial charge is 2.00 e. The molecule has 0 aliphatic rings. The van der Waals surface area contributed by atoms with Crippen molar-refractivity contribution in [3.05, 3.63) is 59.7 Å². The fourth-order valence-electron chi connectivity index (χ4n) is 1.29. The second kappa shape index (κ2) is 14.2. The minimum Gasteiger partial charge on any atom is -0.545 e.